The van der Waals surface area contributed by atoms with Gasteiger partial charge < -0.3 is 4.90 Å². The van der Waals surface area contributed by atoms with Crippen molar-refractivity contribution in [3.8, 4) is 0 Å². The molecule has 0 amide bonds. The highest BCUT2D eigenvalue weighted by molar-refractivity contribution is 5.93. The first-order chi connectivity index (χ1) is 7.80. The maximum Gasteiger partial charge on any atom is 0.158 e. The van der Waals surface area contributed by atoms with Gasteiger partial charge in [-0.05, 0) is 26.0 Å². The Balaban J connectivity index is 2.52. The highest BCUT2D eigenvalue weighted by Gasteiger charge is 2.10. The smallest absolute Gasteiger partial charge is 0.158 e. The molecule has 0 atom stereocenters. The van der Waals surface area contributed by atoms with E-state index in [9.17, 15) is 4.79 Å². The molecule has 2 rings (SSSR count). The third kappa shape index (κ3) is 1.66. The van der Waals surface area contributed by atoms with Gasteiger partial charge in [0, 0.05) is 24.0 Å². The van der Waals surface area contributed by atoms with Crippen molar-refractivity contribution in [1.29, 1.82) is 0 Å². The Morgan fingerprint density at radius 2 is 2.12 bits per heavy atom. The lowest BCUT2D eigenvalue weighted by Crippen LogP contribution is -2.22. The van der Waals surface area contributed by atoms with Crippen LogP contribution in [0.15, 0.2) is 18.2 Å². The summed E-state index contributed by atoms with van der Waals surface area (Å²) in [6.07, 6.45) is 0.845. The van der Waals surface area contributed by atoms with E-state index in [1.54, 1.807) is 0 Å². The number of nitrogens with one attached hydrogen (secondary N) is 1. The molecule has 0 unspecified atom stereocenters. The minimum Gasteiger partial charge on any atom is -0.355 e. The topological polar surface area (TPSA) is 49.0 Å². The van der Waals surface area contributed by atoms with Crippen LogP contribution in [-0.4, -0.2) is 29.6 Å². The summed E-state index contributed by atoms with van der Waals surface area (Å²) in [7, 11) is 0. The number of carbonyl (C=O) groups excluding carboxylic acids is 1. The average Bonchev–Trinajstić information content (AvgIpc) is 2.74. The van der Waals surface area contributed by atoms with Crippen molar-refractivity contribution in [3.63, 3.8) is 0 Å². The second kappa shape index (κ2) is 4.35. The van der Waals surface area contributed by atoms with Crippen LogP contribution >= 0.6 is 0 Å². The van der Waals surface area contributed by atoms with Gasteiger partial charge in [0.05, 0.1) is 5.52 Å². The van der Waals surface area contributed by atoms with Gasteiger partial charge in [-0.1, -0.05) is 6.07 Å². The summed E-state index contributed by atoms with van der Waals surface area (Å²) in [5.74, 6) is 0.956. The van der Waals surface area contributed by atoms with Crippen molar-refractivity contribution in [2.45, 2.75) is 13.8 Å². The molecule has 0 fully saturated rings. The first kappa shape index (κ1) is 10.7. The standard InChI is InChI=1S/C12H15N3O/c1-3-15(4-2)12-10-6-5-9(8-16)7-11(10)13-14-12/h5-8H,3-4H2,1-2H3,(H,13,14). The maximum absolute atomic E-state index is 10.7. The first-order valence-corrected chi connectivity index (χ1v) is 5.48. The Hall–Kier alpha value is -1.84. The number of anilines is 1. The largest absolute Gasteiger partial charge is 0.355 e. The molecule has 0 radical (unpaired) electrons. The summed E-state index contributed by atoms with van der Waals surface area (Å²) in [5.41, 5.74) is 1.58. The molecule has 2 aromatic rings. The van der Waals surface area contributed by atoms with Gasteiger partial charge in [-0.25, -0.2) is 0 Å². The molecule has 4 nitrogen and oxygen atoms in total. The lowest BCUT2D eigenvalue weighted by molar-refractivity contribution is 0.112. The predicted molar refractivity (Wildman–Crippen MR) is 65.0 cm³/mol. The normalized spacial score (nSPS) is 10.6. The van der Waals surface area contributed by atoms with Crippen LogP contribution in [0, 0.1) is 0 Å². The molecule has 1 aromatic heterocycles. The van der Waals surface area contributed by atoms with E-state index in [0.717, 1.165) is 36.1 Å². The van der Waals surface area contributed by atoms with Crippen molar-refractivity contribution >= 4 is 23.0 Å². The summed E-state index contributed by atoms with van der Waals surface area (Å²) in [6.45, 7) is 6.05. The summed E-state index contributed by atoms with van der Waals surface area (Å²) in [6, 6.07) is 5.58. The van der Waals surface area contributed by atoms with E-state index in [0.29, 0.717) is 5.56 Å². The molecule has 1 aromatic carbocycles. The number of fused-ring (bicyclic) bond motifs is 1. The zero-order valence-corrected chi connectivity index (χ0v) is 9.53. The molecule has 0 saturated heterocycles. The van der Waals surface area contributed by atoms with Gasteiger partial charge in [-0.3, -0.25) is 9.89 Å². The molecule has 1 heterocycles. The van der Waals surface area contributed by atoms with E-state index < -0.39 is 0 Å². The van der Waals surface area contributed by atoms with Gasteiger partial charge in [0.25, 0.3) is 0 Å². The van der Waals surface area contributed by atoms with Gasteiger partial charge >= 0.3 is 0 Å². The maximum atomic E-state index is 10.7. The lowest BCUT2D eigenvalue weighted by atomic mass is 10.1. The van der Waals surface area contributed by atoms with Crippen LogP contribution in [0.5, 0.6) is 0 Å². The van der Waals surface area contributed by atoms with Crippen LogP contribution in [0.1, 0.15) is 24.2 Å². The lowest BCUT2D eigenvalue weighted by Gasteiger charge is -2.17. The summed E-state index contributed by atoms with van der Waals surface area (Å²) in [4.78, 5) is 12.8. The SMILES string of the molecule is CCN(CC)c1n[nH]c2cc(C=O)ccc12. The molecule has 16 heavy (non-hydrogen) atoms. The number of rotatable bonds is 4. The van der Waals surface area contributed by atoms with Gasteiger partial charge in [-0.2, -0.15) is 5.10 Å². The van der Waals surface area contributed by atoms with Gasteiger partial charge in [-0.15, -0.1) is 0 Å². The fraction of sp³-hybridized carbons (Fsp3) is 0.333. The number of aldehydes is 1. The van der Waals surface area contributed by atoms with Crippen LogP contribution in [0.3, 0.4) is 0 Å². The quantitative estimate of drug-likeness (QED) is 0.799. The Labute approximate surface area is 94.3 Å². The highest BCUT2D eigenvalue weighted by Crippen LogP contribution is 2.24. The minimum atomic E-state index is 0.669. The van der Waals surface area contributed by atoms with Crippen LogP contribution in [0.2, 0.25) is 0 Å². The number of aromatic nitrogens is 2. The fourth-order valence-corrected chi connectivity index (χ4v) is 1.86. The van der Waals surface area contributed by atoms with Crippen molar-refractivity contribution in [1.82, 2.24) is 10.2 Å². The number of hydrogen-bond acceptors (Lipinski definition) is 3. The average molecular weight is 217 g/mol. The van der Waals surface area contributed by atoms with Crippen molar-refractivity contribution in [2.24, 2.45) is 0 Å². The Kier molecular flexibility index (Phi) is 2.90. The molecule has 0 saturated carbocycles. The molecule has 1 N–H and O–H groups in total. The van der Waals surface area contributed by atoms with Crippen molar-refractivity contribution in [2.75, 3.05) is 18.0 Å². The third-order valence-electron chi connectivity index (χ3n) is 2.77. The highest BCUT2D eigenvalue weighted by atomic mass is 16.1. The Morgan fingerprint density at radius 1 is 1.38 bits per heavy atom. The molecular formula is C12H15N3O. The van der Waals surface area contributed by atoms with E-state index >= 15 is 0 Å². The van der Waals surface area contributed by atoms with Crippen LogP contribution in [0.25, 0.3) is 10.9 Å². The van der Waals surface area contributed by atoms with E-state index in [-0.39, 0.29) is 0 Å². The first-order valence-electron chi connectivity index (χ1n) is 5.48. The second-order valence-electron chi connectivity index (χ2n) is 3.64. The Morgan fingerprint density at radius 3 is 2.75 bits per heavy atom. The fourth-order valence-electron chi connectivity index (χ4n) is 1.86. The summed E-state index contributed by atoms with van der Waals surface area (Å²) < 4.78 is 0. The molecular weight excluding hydrogens is 202 g/mol. The number of benzene rings is 1. The van der Waals surface area contributed by atoms with E-state index in [4.69, 9.17) is 0 Å². The number of hydrogen-bond donors (Lipinski definition) is 1. The minimum absolute atomic E-state index is 0.669. The zero-order valence-electron chi connectivity index (χ0n) is 9.53. The summed E-state index contributed by atoms with van der Waals surface area (Å²) >= 11 is 0. The van der Waals surface area contributed by atoms with Crippen molar-refractivity contribution < 1.29 is 4.79 Å². The van der Waals surface area contributed by atoms with Gasteiger partial charge in [0.1, 0.15) is 6.29 Å². The Bertz CT molecular complexity index is 500. The molecule has 0 spiro atoms. The monoisotopic (exact) mass is 217 g/mol. The second-order valence-corrected chi connectivity index (χ2v) is 3.64. The number of carbonyl (C=O) groups is 1. The molecule has 4 heteroatoms. The van der Waals surface area contributed by atoms with E-state index in [2.05, 4.69) is 28.9 Å². The van der Waals surface area contributed by atoms with E-state index in [1.807, 2.05) is 18.2 Å². The zero-order chi connectivity index (χ0) is 11.5. The predicted octanol–water partition coefficient (Wildman–Crippen LogP) is 2.22. The number of nitrogens with zero attached hydrogens (tertiary/aromatic N) is 2. The number of H-pyrrole nitrogens is 1. The molecule has 0 aliphatic rings. The van der Waals surface area contributed by atoms with Gasteiger partial charge in [0.15, 0.2) is 5.82 Å². The summed E-state index contributed by atoms with van der Waals surface area (Å²) in [5, 5.41) is 8.32. The molecule has 84 valence electrons. The molecule has 0 aliphatic heterocycles. The van der Waals surface area contributed by atoms with Crippen LogP contribution in [-0.2, 0) is 0 Å². The van der Waals surface area contributed by atoms with Crippen LogP contribution in [0.4, 0.5) is 5.82 Å². The van der Waals surface area contributed by atoms with Crippen molar-refractivity contribution in [3.05, 3.63) is 23.8 Å². The number of aromatic amines is 1. The van der Waals surface area contributed by atoms with E-state index in [1.165, 1.54) is 0 Å². The third-order valence-corrected chi connectivity index (χ3v) is 2.77. The molecule has 0 aliphatic carbocycles. The van der Waals surface area contributed by atoms with Crippen LogP contribution < -0.4 is 4.90 Å². The molecule has 0 bridgehead atoms. The van der Waals surface area contributed by atoms with Gasteiger partial charge in [0.2, 0.25) is 0 Å².